The summed E-state index contributed by atoms with van der Waals surface area (Å²) in [4.78, 5) is 0. The lowest BCUT2D eigenvalue weighted by Gasteiger charge is -2.15. The van der Waals surface area contributed by atoms with Gasteiger partial charge in [0, 0.05) is 25.7 Å². The SMILES string of the molecule is CNC(Cc1cn(C)nn1)c1ccc(Cl)c(F)c1. The summed E-state index contributed by atoms with van der Waals surface area (Å²) in [5.74, 6) is -0.409. The van der Waals surface area contributed by atoms with E-state index in [1.807, 2.05) is 26.4 Å². The Morgan fingerprint density at radius 2 is 2.28 bits per heavy atom. The summed E-state index contributed by atoms with van der Waals surface area (Å²) < 4.78 is 15.1. The maximum atomic E-state index is 13.4. The summed E-state index contributed by atoms with van der Waals surface area (Å²) in [7, 11) is 3.64. The van der Waals surface area contributed by atoms with Gasteiger partial charge in [-0.1, -0.05) is 22.9 Å². The van der Waals surface area contributed by atoms with Gasteiger partial charge in [0.1, 0.15) is 5.82 Å². The van der Waals surface area contributed by atoms with Crippen LogP contribution in [0, 0.1) is 5.82 Å². The Balaban J connectivity index is 2.19. The largest absolute Gasteiger partial charge is 0.313 e. The van der Waals surface area contributed by atoms with Crippen molar-refractivity contribution in [3.8, 4) is 0 Å². The van der Waals surface area contributed by atoms with Gasteiger partial charge in [-0.05, 0) is 24.7 Å². The van der Waals surface area contributed by atoms with Crippen molar-refractivity contribution in [2.45, 2.75) is 12.5 Å². The molecule has 0 fully saturated rings. The number of likely N-dealkylation sites (N-methyl/N-ethyl adjacent to an activating group) is 1. The van der Waals surface area contributed by atoms with Gasteiger partial charge in [0.25, 0.3) is 0 Å². The molecule has 18 heavy (non-hydrogen) atoms. The summed E-state index contributed by atoms with van der Waals surface area (Å²) in [6.07, 6.45) is 2.49. The fourth-order valence-corrected chi connectivity index (χ4v) is 1.93. The average molecular weight is 269 g/mol. The van der Waals surface area contributed by atoms with Gasteiger partial charge >= 0.3 is 0 Å². The maximum Gasteiger partial charge on any atom is 0.142 e. The summed E-state index contributed by atoms with van der Waals surface area (Å²) in [5, 5.41) is 11.2. The summed E-state index contributed by atoms with van der Waals surface area (Å²) in [6, 6.07) is 4.80. The quantitative estimate of drug-likeness (QED) is 0.924. The molecule has 1 unspecified atom stereocenters. The van der Waals surface area contributed by atoms with Crippen molar-refractivity contribution >= 4 is 11.6 Å². The van der Waals surface area contributed by atoms with Crippen LogP contribution in [0.3, 0.4) is 0 Å². The average Bonchev–Trinajstić information content (AvgIpc) is 2.75. The van der Waals surface area contributed by atoms with E-state index in [0.29, 0.717) is 6.42 Å². The van der Waals surface area contributed by atoms with E-state index in [0.717, 1.165) is 11.3 Å². The first-order chi connectivity index (χ1) is 8.60. The molecule has 0 aliphatic carbocycles. The zero-order chi connectivity index (χ0) is 13.1. The zero-order valence-corrected chi connectivity index (χ0v) is 10.9. The molecule has 4 nitrogen and oxygen atoms in total. The number of hydrogen-bond acceptors (Lipinski definition) is 3. The van der Waals surface area contributed by atoms with Gasteiger partial charge in [-0.3, -0.25) is 4.68 Å². The van der Waals surface area contributed by atoms with Crippen LogP contribution in [0.5, 0.6) is 0 Å². The minimum Gasteiger partial charge on any atom is -0.313 e. The molecule has 0 aliphatic heterocycles. The van der Waals surface area contributed by atoms with E-state index in [4.69, 9.17) is 11.6 Å². The number of benzene rings is 1. The topological polar surface area (TPSA) is 42.7 Å². The number of aryl methyl sites for hydroxylation is 1. The first kappa shape index (κ1) is 13.0. The third kappa shape index (κ3) is 2.86. The van der Waals surface area contributed by atoms with Crippen LogP contribution >= 0.6 is 11.6 Å². The van der Waals surface area contributed by atoms with E-state index in [-0.39, 0.29) is 11.1 Å². The third-order valence-corrected chi connectivity index (χ3v) is 3.06. The Hall–Kier alpha value is -1.46. The van der Waals surface area contributed by atoms with Crippen LogP contribution in [-0.4, -0.2) is 22.0 Å². The maximum absolute atomic E-state index is 13.4. The molecule has 0 aliphatic rings. The second-order valence-electron chi connectivity index (χ2n) is 4.10. The molecule has 2 rings (SSSR count). The Labute approximate surface area is 110 Å². The minimum absolute atomic E-state index is 0.0199. The van der Waals surface area contributed by atoms with E-state index in [1.165, 1.54) is 6.07 Å². The molecule has 0 amide bonds. The lowest BCUT2D eigenvalue weighted by molar-refractivity contribution is 0.571. The molecule has 2 aromatic rings. The Morgan fingerprint density at radius 3 is 2.83 bits per heavy atom. The number of rotatable bonds is 4. The standard InChI is InChI=1S/C12H14ClFN4/c1-15-12(6-9-7-18(2)17-16-9)8-3-4-10(13)11(14)5-8/h3-5,7,12,15H,6H2,1-2H3. The van der Waals surface area contributed by atoms with Crippen molar-refractivity contribution in [3.05, 3.63) is 46.5 Å². The monoisotopic (exact) mass is 268 g/mol. The molecule has 96 valence electrons. The van der Waals surface area contributed by atoms with Crippen LogP contribution in [0.1, 0.15) is 17.3 Å². The van der Waals surface area contributed by atoms with Crippen LogP contribution in [0.2, 0.25) is 5.02 Å². The minimum atomic E-state index is -0.409. The molecule has 0 saturated carbocycles. The molecule has 0 radical (unpaired) electrons. The van der Waals surface area contributed by atoms with E-state index < -0.39 is 5.82 Å². The summed E-state index contributed by atoms with van der Waals surface area (Å²) in [6.45, 7) is 0. The Bertz CT molecular complexity index is 541. The van der Waals surface area contributed by atoms with Crippen molar-refractivity contribution in [1.29, 1.82) is 0 Å². The number of nitrogens with zero attached hydrogens (tertiary/aromatic N) is 3. The van der Waals surface area contributed by atoms with Gasteiger partial charge in [0.05, 0.1) is 10.7 Å². The van der Waals surface area contributed by atoms with E-state index in [2.05, 4.69) is 15.6 Å². The molecule has 1 aromatic carbocycles. The fraction of sp³-hybridized carbons (Fsp3) is 0.333. The smallest absolute Gasteiger partial charge is 0.142 e. The second-order valence-corrected chi connectivity index (χ2v) is 4.51. The van der Waals surface area contributed by atoms with Gasteiger partial charge in [0.15, 0.2) is 0 Å². The normalized spacial score (nSPS) is 12.7. The summed E-state index contributed by atoms with van der Waals surface area (Å²) in [5.41, 5.74) is 1.69. The van der Waals surface area contributed by atoms with Crippen molar-refractivity contribution in [3.63, 3.8) is 0 Å². The number of hydrogen-bond donors (Lipinski definition) is 1. The Morgan fingerprint density at radius 1 is 1.50 bits per heavy atom. The highest BCUT2D eigenvalue weighted by atomic mass is 35.5. The van der Waals surface area contributed by atoms with E-state index in [9.17, 15) is 4.39 Å². The van der Waals surface area contributed by atoms with Crippen LogP contribution in [0.4, 0.5) is 4.39 Å². The van der Waals surface area contributed by atoms with Crippen LogP contribution in [0.15, 0.2) is 24.4 Å². The van der Waals surface area contributed by atoms with Gasteiger partial charge in [-0.25, -0.2) is 4.39 Å². The molecule has 1 N–H and O–H groups in total. The highest BCUT2D eigenvalue weighted by molar-refractivity contribution is 6.30. The van der Waals surface area contributed by atoms with E-state index >= 15 is 0 Å². The van der Waals surface area contributed by atoms with Gasteiger partial charge in [-0.2, -0.15) is 0 Å². The molecule has 1 atom stereocenters. The predicted molar refractivity (Wildman–Crippen MR) is 67.9 cm³/mol. The molecular formula is C12H14ClFN4. The lowest BCUT2D eigenvalue weighted by atomic mass is 10.0. The molecule has 0 saturated heterocycles. The number of aromatic nitrogens is 3. The van der Waals surface area contributed by atoms with Crippen molar-refractivity contribution < 1.29 is 4.39 Å². The molecule has 0 bridgehead atoms. The van der Waals surface area contributed by atoms with E-state index in [1.54, 1.807) is 10.7 Å². The van der Waals surface area contributed by atoms with Gasteiger partial charge in [0.2, 0.25) is 0 Å². The summed E-state index contributed by atoms with van der Waals surface area (Å²) >= 11 is 5.67. The first-order valence-corrected chi connectivity index (χ1v) is 5.95. The van der Waals surface area contributed by atoms with Crippen molar-refractivity contribution in [2.24, 2.45) is 7.05 Å². The van der Waals surface area contributed by atoms with Crippen LogP contribution < -0.4 is 5.32 Å². The van der Waals surface area contributed by atoms with Crippen LogP contribution in [-0.2, 0) is 13.5 Å². The van der Waals surface area contributed by atoms with Crippen LogP contribution in [0.25, 0.3) is 0 Å². The number of nitrogens with one attached hydrogen (secondary N) is 1. The molecule has 6 heteroatoms. The highest BCUT2D eigenvalue weighted by Crippen LogP contribution is 2.22. The molecule has 0 spiro atoms. The third-order valence-electron chi connectivity index (χ3n) is 2.76. The fourth-order valence-electron chi connectivity index (χ4n) is 1.81. The lowest BCUT2D eigenvalue weighted by Crippen LogP contribution is -2.19. The first-order valence-electron chi connectivity index (χ1n) is 5.57. The van der Waals surface area contributed by atoms with Gasteiger partial charge < -0.3 is 5.32 Å². The van der Waals surface area contributed by atoms with Crippen molar-refractivity contribution in [1.82, 2.24) is 20.3 Å². The predicted octanol–water partition coefficient (Wildman–Crippen LogP) is 2.11. The highest BCUT2D eigenvalue weighted by Gasteiger charge is 2.14. The second kappa shape index (κ2) is 5.46. The number of halogens is 2. The molecular weight excluding hydrogens is 255 g/mol. The Kier molecular flexibility index (Phi) is 3.93. The van der Waals surface area contributed by atoms with Crippen molar-refractivity contribution in [2.75, 3.05) is 7.05 Å². The molecule has 1 aromatic heterocycles. The van der Waals surface area contributed by atoms with Gasteiger partial charge in [-0.15, -0.1) is 5.10 Å². The zero-order valence-electron chi connectivity index (χ0n) is 10.2. The molecule has 1 heterocycles.